The number of rotatable bonds is 4. The van der Waals surface area contributed by atoms with Crippen molar-refractivity contribution in [3.63, 3.8) is 0 Å². The first-order valence-electron chi connectivity index (χ1n) is 9.62. The predicted octanol–water partition coefficient (Wildman–Crippen LogP) is 3.18. The van der Waals surface area contributed by atoms with E-state index in [-0.39, 0.29) is 0 Å². The Morgan fingerprint density at radius 3 is 2.54 bits per heavy atom. The summed E-state index contributed by atoms with van der Waals surface area (Å²) >= 11 is 0. The van der Waals surface area contributed by atoms with Gasteiger partial charge in [0.15, 0.2) is 5.82 Å². The summed E-state index contributed by atoms with van der Waals surface area (Å²) < 4.78 is 11.0. The van der Waals surface area contributed by atoms with Gasteiger partial charge in [0, 0.05) is 43.5 Å². The lowest BCUT2D eigenvalue weighted by Crippen LogP contribution is -2.34. The zero-order valence-electron chi connectivity index (χ0n) is 15.8. The summed E-state index contributed by atoms with van der Waals surface area (Å²) in [6.07, 6.45) is 3.06. The van der Waals surface area contributed by atoms with E-state index in [1.165, 1.54) is 0 Å². The number of anilines is 1. The van der Waals surface area contributed by atoms with Gasteiger partial charge in [-0.1, -0.05) is 19.0 Å². The highest BCUT2D eigenvalue weighted by Gasteiger charge is 2.27. The Hall–Kier alpha value is -2.02. The van der Waals surface area contributed by atoms with Crippen molar-refractivity contribution in [2.75, 3.05) is 31.2 Å². The fourth-order valence-electron chi connectivity index (χ4n) is 3.72. The molecule has 0 saturated carbocycles. The van der Waals surface area contributed by atoms with Gasteiger partial charge in [0.1, 0.15) is 11.6 Å². The van der Waals surface area contributed by atoms with Crippen LogP contribution in [0, 0.1) is 6.92 Å². The van der Waals surface area contributed by atoms with Gasteiger partial charge in [-0.15, -0.1) is 0 Å². The third-order valence-corrected chi connectivity index (χ3v) is 5.33. The van der Waals surface area contributed by atoms with E-state index in [4.69, 9.17) is 9.26 Å². The van der Waals surface area contributed by atoms with Crippen LogP contribution in [0.1, 0.15) is 74.1 Å². The van der Waals surface area contributed by atoms with E-state index in [0.29, 0.717) is 17.8 Å². The molecule has 0 N–H and O–H groups in total. The van der Waals surface area contributed by atoms with E-state index in [1.54, 1.807) is 0 Å². The maximum Gasteiger partial charge on any atom is 0.229 e. The van der Waals surface area contributed by atoms with E-state index < -0.39 is 0 Å². The molecule has 140 valence electrons. The van der Waals surface area contributed by atoms with Crippen LogP contribution in [-0.2, 0) is 4.74 Å². The summed E-state index contributed by atoms with van der Waals surface area (Å²) in [7, 11) is 0. The van der Waals surface area contributed by atoms with Crippen LogP contribution in [-0.4, -0.2) is 46.4 Å². The molecule has 0 unspecified atom stereocenters. The summed E-state index contributed by atoms with van der Waals surface area (Å²) in [4.78, 5) is 16.2. The van der Waals surface area contributed by atoms with Crippen molar-refractivity contribution in [2.45, 2.75) is 57.8 Å². The quantitative estimate of drug-likeness (QED) is 0.831. The summed E-state index contributed by atoms with van der Waals surface area (Å²) in [5.41, 5.74) is 1.12. The van der Waals surface area contributed by atoms with Crippen LogP contribution in [0.3, 0.4) is 0 Å². The molecule has 4 heterocycles. The zero-order valence-corrected chi connectivity index (χ0v) is 15.8. The summed E-state index contributed by atoms with van der Waals surface area (Å²) in [5.74, 6) is 4.51. The van der Waals surface area contributed by atoms with E-state index in [2.05, 4.69) is 44.9 Å². The molecule has 1 atom stereocenters. The third kappa shape index (κ3) is 3.58. The average Bonchev–Trinajstić information content (AvgIpc) is 3.33. The van der Waals surface area contributed by atoms with Gasteiger partial charge in [-0.3, -0.25) is 0 Å². The van der Waals surface area contributed by atoms with Crippen molar-refractivity contribution in [3.05, 3.63) is 29.3 Å². The fraction of sp³-hybridized carbons (Fsp3) is 0.684. The SMILES string of the molecule is Cc1nc([C@H]2CCOC2)cc(N2CCC(c3nc(C(C)C)no3)CC2)n1. The number of hydrogen-bond acceptors (Lipinski definition) is 7. The number of piperidine rings is 1. The first-order valence-corrected chi connectivity index (χ1v) is 9.62. The lowest BCUT2D eigenvalue weighted by atomic mass is 9.96. The molecular weight excluding hydrogens is 330 g/mol. The first-order chi connectivity index (χ1) is 12.6. The van der Waals surface area contributed by atoms with Gasteiger partial charge in [0.25, 0.3) is 0 Å². The second kappa shape index (κ2) is 7.31. The molecule has 0 bridgehead atoms. The number of hydrogen-bond donors (Lipinski definition) is 0. The monoisotopic (exact) mass is 357 g/mol. The summed E-state index contributed by atoms with van der Waals surface area (Å²) in [5, 5.41) is 4.10. The van der Waals surface area contributed by atoms with Gasteiger partial charge in [-0.25, -0.2) is 9.97 Å². The minimum Gasteiger partial charge on any atom is -0.381 e. The molecule has 0 aromatic carbocycles. The molecule has 2 saturated heterocycles. The van der Waals surface area contributed by atoms with Gasteiger partial charge < -0.3 is 14.2 Å². The van der Waals surface area contributed by atoms with Crippen molar-refractivity contribution >= 4 is 5.82 Å². The van der Waals surface area contributed by atoms with Crippen molar-refractivity contribution in [1.82, 2.24) is 20.1 Å². The molecule has 7 heteroatoms. The Balaban J connectivity index is 1.44. The van der Waals surface area contributed by atoms with Crippen LogP contribution in [0.2, 0.25) is 0 Å². The third-order valence-electron chi connectivity index (χ3n) is 5.33. The van der Waals surface area contributed by atoms with Crippen molar-refractivity contribution in [3.8, 4) is 0 Å². The molecule has 2 aliphatic rings. The van der Waals surface area contributed by atoms with Crippen LogP contribution in [0.5, 0.6) is 0 Å². The molecule has 0 radical (unpaired) electrons. The second-order valence-corrected chi connectivity index (χ2v) is 7.67. The molecule has 7 nitrogen and oxygen atoms in total. The molecule has 2 aromatic rings. The Labute approximate surface area is 154 Å². The van der Waals surface area contributed by atoms with Crippen LogP contribution >= 0.6 is 0 Å². The molecule has 0 aliphatic carbocycles. The minimum absolute atomic E-state index is 0.301. The second-order valence-electron chi connectivity index (χ2n) is 7.67. The van der Waals surface area contributed by atoms with Crippen molar-refractivity contribution in [2.24, 2.45) is 0 Å². The number of ether oxygens (including phenoxy) is 1. The van der Waals surface area contributed by atoms with E-state index >= 15 is 0 Å². The lowest BCUT2D eigenvalue weighted by molar-refractivity contribution is 0.193. The highest BCUT2D eigenvalue weighted by Crippen LogP contribution is 2.31. The number of nitrogens with zero attached hydrogens (tertiary/aromatic N) is 5. The molecule has 2 aliphatic heterocycles. The molecule has 0 amide bonds. The molecule has 0 spiro atoms. The van der Waals surface area contributed by atoms with Gasteiger partial charge in [0.05, 0.1) is 12.3 Å². The predicted molar refractivity (Wildman–Crippen MR) is 97.5 cm³/mol. The Morgan fingerprint density at radius 2 is 1.88 bits per heavy atom. The van der Waals surface area contributed by atoms with Gasteiger partial charge in [-0.05, 0) is 26.2 Å². The zero-order chi connectivity index (χ0) is 18.1. The van der Waals surface area contributed by atoms with Gasteiger partial charge >= 0.3 is 0 Å². The molecule has 2 fully saturated rings. The minimum atomic E-state index is 0.301. The van der Waals surface area contributed by atoms with Crippen molar-refractivity contribution in [1.29, 1.82) is 0 Å². The molecule has 4 rings (SSSR count). The highest BCUT2D eigenvalue weighted by molar-refractivity contribution is 5.41. The molecule has 26 heavy (non-hydrogen) atoms. The van der Waals surface area contributed by atoms with Gasteiger partial charge in [0.2, 0.25) is 5.89 Å². The lowest BCUT2D eigenvalue weighted by Gasteiger charge is -2.31. The largest absolute Gasteiger partial charge is 0.381 e. The van der Waals surface area contributed by atoms with E-state index in [9.17, 15) is 0 Å². The Kier molecular flexibility index (Phi) is 4.89. The fourth-order valence-corrected chi connectivity index (χ4v) is 3.72. The maximum absolute atomic E-state index is 5.52. The summed E-state index contributed by atoms with van der Waals surface area (Å²) in [6, 6.07) is 2.15. The normalized spacial score (nSPS) is 21.7. The molecular formula is C19H27N5O2. The average molecular weight is 357 g/mol. The van der Waals surface area contributed by atoms with Gasteiger partial charge in [-0.2, -0.15) is 4.98 Å². The first kappa shape index (κ1) is 17.4. The molecule has 2 aromatic heterocycles. The summed E-state index contributed by atoms with van der Waals surface area (Å²) in [6.45, 7) is 9.64. The van der Waals surface area contributed by atoms with Crippen LogP contribution in [0.15, 0.2) is 10.6 Å². The van der Waals surface area contributed by atoms with Crippen LogP contribution < -0.4 is 4.90 Å². The maximum atomic E-state index is 5.52. The Morgan fingerprint density at radius 1 is 1.08 bits per heavy atom. The highest BCUT2D eigenvalue weighted by atomic mass is 16.5. The van der Waals surface area contributed by atoms with E-state index in [0.717, 1.165) is 74.6 Å². The smallest absolute Gasteiger partial charge is 0.229 e. The van der Waals surface area contributed by atoms with Crippen LogP contribution in [0.25, 0.3) is 0 Å². The Bertz CT molecular complexity index is 746. The topological polar surface area (TPSA) is 77.2 Å². The van der Waals surface area contributed by atoms with E-state index in [1.807, 2.05) is 6.92 Å². The number of aromatic nitrogens is 4. The van der Waals surface area contributed by atoms with Crippen molar-refractivity contribution < 1.29 is 9.26 Å². The number of aryl methyl sites for hydroxylation is 1. The van der Waals surface area contributed by atoms with Crippen LogP contribution in [0.4, 0.5) is 5.82 Å². The standard InChI is InChI=1S/C19H27N5O2/c1-12(2)18-22-19(26-23-18)14-4-7-24(8-5-14)17-10-16(20-13(3)21-17)15-6-9-25-11-15/h10,12,14-15H,4-9,11H2,1-3H3/t15-/m0/s1.